The van der Waals surface area contributed by atoms with E-state index in [1.54, 1.807) is 0 Å². The summed E-state index contributed by atoms with van der Waals surface area (Å²) in [4.78, 5) is 24.5. The van der Waals surface area contributed by atoms with E-state index in [1.807, 2.05) is 6.92 Å². The topological polar surface area (TPSA) is 129 Å². The highest BCUT2D eigenvalue weighted by Gasteiger charge is 2.17. The Hall–Kier alpha value is -3.21. The number of nitrogens with one attached hydrogen (secondary N) is 1. The number of hydrogen-bond donors (Lipinski definition) is 2. The van der Waals surface area contributed by atoms with E-state index in [1.165, 1.54) is 24.3 Å². The number of ether oxygens (including phenoxy) is 1. The van der Waals surface area contributed by atoms with Gasteiger partial charge in [0.1, 0.15) is 5.82 Å². The van der Waals surface area contributed by atoms with Crippen molar-refractivity contribution in [2.24, 2.45) is 0 Å². The average molecular weight is 375 g/mol. The molecule has 0 spiro atoms. The third-order valence-electron chi connectivity index (χ3n) is 3.21. The first-order chi connectivity index (χ1) is 12.5. The highest BCUT2D eigenvalue weighted by Crippen LogP contribution is 2.16. The molecule has 2 heterocycles. The molecule has 26 heavy (non-hydrogen) atoms. The fraction of sp³-hybridized carbons (Fsp3) is 0.200. The molecule has 0 bridgehead atoms. The lowest BCUT2D eigenvalue weighted by atomic mass is 10.3. The van der Waals surface area contributed by atoms with Gasteiger partial charge in [0.2, 0.25) is 11.9 Å². The number of benzene rings is 1. The Balaban J connectivity index is 1.69. The number of hydrogen-bond acceptors (Lipinski definition) is 10. The number of halogens is 1. The number of aromatic nitrogens is 5. The van der Waals surface area contributed by atoms with Crippen molar-refractivity contribution in [1.29, 1.82) is 0 Å². The van der Waals surface area contributed by atoms with Crippen molar-refractivity contribution in [3.63, 3.8) is 0 Å². The van der Waals surface area contributed by atoms with Gasteiger partial charge in [0.05, 0.1) is 5.69 Å². The predicted octanol–water partition coefficient (Wildman–Crippen LogP) is 2.11. The van der Waals surface area contributed by atoms with Crippen LogP contribution in [-0.2, 0) is 17.8 Å². The van der Waals surface area contributed by atoms with Gasteiger partial charge < -0.3 is 15.8 Å². The van der Waals surface area contributed by atoms with Crippen molar-refractivity contribution in [1.82, 2.24) is 24.5 Å². The molecular weight excluding hydrogens is 361 g/mol. The summed E-state index contributed by atoms with van der Waals surface area (Å²) in [6.07, 6.45) is 0.575. The molecule has 0 aliphatic rings. The molecule has 0 saturated heterocycles. The molecule has 0 saturated carbocycles. The molecule has 1 aromatic carbocycles. The molecule has 0 atom stereocenters. The largest absolute Gasteiger partial charge is 0.453 e. The van der Waals surface area contributed by atoms with E-state index in [0.717, 1.165) is 11.5 Å². The van der Waals surface area contributed by atoms with Crippen LogP contribution < -0.4 is 11.1 Å². The van der Waals surface area contributed by atoms with Crippen LogP contribution in [0.1, 0.15) is 28.1 Å². The van der Waals surface area contributed by atoms with Gasteiger partial charge >= 0.3 is 5.97 Å². The third-order valence-corrected chi connectivity index (χ3v) is 3.96. The summed E-state index contributed by atoms with van der Waals surface area (Å²) in [6.45, 7) is 1.68. The van der Waals surface area contributed by atoms with Crippen LogP contribution in [0.25, 0.3) is 0 Å². The van der Waals surface area contributed by atoms with E-state index in [-0.39, 0.29) is 30.1 Å². The molecular formula is C15H14FN7O2S. The van der Waals surface area contributed by atoms with E-state index in [0.29, 0.717) is 22.7 Å². The van der Waals surface area contributed by atoms with Crippen LogP contribution >= 0.6 is 11.5 Å². The van der Waals surface area contributed by atoms with Gasteiger partial charge in [-0.2, -0.15) is 15.0 Å². The Labute approximate surface area is 151 Å². The molecule has 9 nitrogen and oxygen atoms in total. The summed E-state index contributed by atoms with van der Waals surface area (Å²) in [5.41, 5.74) is 6.81. The minimum Gasteiger partial charge on any atom is -0.453 e. The molecule has 134 valence electrons. The van der Waals surface area contributed by atoms with Crippen molar-refractivity contribution < 1.29 is 13.9 Å². The second-order valence-corrected chi connectivity index (χ2v) is 5.80. The lowest BCUT2D eigenvalue weighted by Crippen LogP contribution is -2.11. The van der Waals surface area contributed by atoms with Crippen molar-refractivity contribution >= 4 is 35.1 Å². The van der Waals surface area contributed by atoms with Crippen LogP contribution in [-0.4, -0.2) is 30.5 Å². The third kappa shape index (κ3) is 4.25. The van der Waals surface area contributed by atoms with Crippen molar-refractivity contribution in [3.05, 3.63) is 46.5 Å². The first kappa shape index (κ1) is 17.6. The number of rotatable bonds is 6. The molecule has 3 N–H and O–H groups in total. The van der Waals surface area contributed by atoms with E-state index in [2.05, 4.69) is 29.9 Å². The Morgan fingerprint density at radius 2 is 2.04 bits per heavy atom. The van der Waals surface area contributed by atoms with Crippen LogP contribution in [0.3, 0.4) is 0 Å². The molecule has 0 radical (unpaired) electrons. The van der Waals surface area contributed by atoms with Gasteiger partial charge in [0, 0.05) is 5.69 Å². The van der Waals surface area contributed by atoms with Gasteiger partial charge in [-0.15, -0.1) is 5.10 Å². The fourth-order valence-electron chi connectivity index (χ4n) is 2.01. The van der Waals surface area contributed by atoms with Gasteiger partial charge in [0.15, 0.2) is 17.3 Å². The second-order valence-electron chi connectivity index (χ2n) is 5.04. The Bertz CT molecular complexity index is 917. The van der Waals surface area contributed by atoms with Gasteiger partial charge in [-0.05, 0) is 42.2 Å². The quantitative estimate of drug-likeness (QED) is 0.622. The normalized spacial score (nSPS) is 10.5. The molecule has 0 aliphatic carbocycles. The number of carbonyl (C=O) groups excluding carboxylic acids is 1. The lowest BCUT2D eigenvalue weighted by molar-refractivity contribution is 0.0466. The van der Waals surface area contributed by atoms with E-state index < -0.39 is 5.97 Å². The van der Waals surface area contributed by atoms with Crippen LogP contribution in [0.5, 0.6) is 0 Å². The number of nitrogen functional groups attached to an aromatic ring is 1. The molecule has 3 rings (SSSR count). The average Bonchev–Trinajstić information content (AvgIpc) is 3.10. The number of nitrogens with two attached hydrogens (primary N) is 1. The highest BCUT2D eigenvalue weighted by atomic mass is 32.1. The summed E-state index contributed by atoms with van der Waals surface area (Å²) >= 11 is 0.970. The molecule has 2 aromatic heterocycles. The minimum atomic E-state index is -0.552. The van der Waals surface area contributed by atoms with E-state index in [4.69, 9.17) is 10.5 Å². The van der Waals surface area contributed by atoms with Gasteiger partial charge in [-0.1, -0.05) is 11.4 Å². The zero-order valence-corrected chi connectivity index (χ0v) is 14.5. The number of esters is 1. The van der Waals surface area contributed by atoms with Gasteiger partial charge in [-0.25, -0.2) is 9.18 Å². The number of anilines is 3. The van der Waals surface area contributed by atoms with Crippen molar-refractivity contribution in [2.45, 2.75) is 20.0 Å². The highest BCUT2D eigenvalue weighted by molar-refractivity contribution is 7.07. The summed E-state index contributed by atoms with van der Waals surface area (Å²) in [5, 5.41) is 6.74. The Kier molecular flexibility index (Phi) is 5.27. The zero-order chi connectivity index (χ0) is 18.5. The monoisotopic (exact) mass is 375 g/mol. The number of nitrogens with zero attached hydrogens (tertiary/aromatic N) is 5. The standard InChI is InChI=1S/C15H14FN7O2S/c1-2-10-12(26-23-22-10)13(24)25-7-11-19-14(17)21-15(20-11)18-9-5-3-8(16)4-6-9/h3-6H,2,7H2,1H3,(H3,17,18,19,20,21). The summed E-state index contributed by atoms with van der Waals surface area (Å²) in [7, 11) is 0. The van der Waals surface area contributed by atoms with Crippen LogP contribution in [0.2, 0.25) is 0 Å². The van der Waals surface area contributed by atoms with E-state index in [9.17, 15) is 9.18 Å². The smallest absolute Gasteiger partial charge is 0.352 e. The van der Waals surface area contributed by atoms with Crippen molar-refractivity contribution in [3.8, 4) is 0 Å². The number of carbonyl (C=O) groups is 1. The molecule has 11 heteroatoms. The summed E-state index contributed by atoms with van der Waals surface area (Å²) in [6, 6.07) is 5.64. The zero-order valence-electron chi connectivity index (χ0n) is 13.6. The van der Waals surface area contributed by atoms with Crippen molar-refractivity contribution in [2.75, 3.05) is 11.1 Å². The van der Waals surface area contributed by atoms with Crippen LogP contribution in [0, 0.1) is 5.82 Å². The maximum Gasteiger partial charge on any atom is 0.352 e. The van der Waals surface area contributed by atoms with Gasteiger partial charge in [0.25, 0.3) is 0 Å². The Morgan fingerprint density at radius 1 is 1.27 bits per heavy atom. The summed E-state index contributed by atoms with van der Waals surface area (Å²) in [5.74, 6) is -0.620. The summed E-state index contributed by atoms with van der Waals surface area (Å²) < 4.78 is 21.9. The second kappa shape index (κ2) is 7.78. The molecule has 0 aliphatic heterocycles. The van der Waals surface area contributed by atoms with Crippen LogP contribution in [0.15, 0.2) is 24.3 Å². The molecule has 0 fully saturated rings. The SMILES string of the molecule is CCc1nnsc1C(=O)OCc1nc(N)nc(Nc2ccc(F)cc2)n1. The lowest BCUT2D eigenvalue weighted by Gasteiger charge is -2.08. The first-order valence-electron chi connectivity index (χ1n) is 7.56. The minimum absolute atomic E-state index is 0.0376. The molecule has 3 aromatic rings. The predicted molar refractivity (Wildman–Crippen MR) is 92.3 cm³/mol. The van der Waals surface area contributed by atoms with E-state index >= 15 is 0 Å². The van der Waals surface area contributed by atoms with Gasteiger partial charge in [-0.3, -0.25) is 0 Å². The Morgan fingerprint density at radius 3 is 2.77 bits per heavy atom. The fourth-order valence-corrected chi connectivity index (χ4v) is 2.66. The van der Waals surface area contributed by atoms with Crippen LogP contribution in [0.4, 0.5) is 22.0 Å². The maximum absolute atomic E-state index is 13.0. The number of aryl methyl sites for hydroxylation is 1. The first-order valence-corrected chi connectivity index (χ1v) is 8.34. The maximum atomic E-state index is 13.0. The molecule has 0 amide bonds. The molecule has 0 unspecified atom stereocenters.